The van der Waals surface area contributed by atoms with Crippen LogP contribution in [0.5, 0.6) is 5.75 Å². The van der Waals surface area contributed by atoms with Crippen molar-refractivity contribution in [3.05, 3.63) is 42.0 Å². The topological polar surface area (TPSA) is 49.8 Å². The Hall–Kier alpha value is -2.07. The summed E-state index contributed by atoms with van der Waals surface area (Å²) in [4.78, 5) is 12.9. The number of hydrogen-bond acceptors (Lipinski definition) is 3. The van der Waals surface area contributed by atoms with Gasteiger partial charge in [-0.15, -0.1) is 0 Å². The van der Waals surface area contributed by atoms with Gasteiger partial charge in [-0.3, -0.25) is 0 Å². The number of hydrogen-bond donors (Lipinski definition) is 1. The molecule has 0 saturated heterocycles. The summed E-state index contributed by atoms with van der Waals surface area (Å²) in [5.41, 5.74) is 0.300. The number of benzene rings is 2. The van der Waals surface area contributed by atoms with Crippen LogP contribution in [0.3, 0.4) is 0 Å². The molecule has 0 aliphatic carbocycles. The highest BCUT2D eigenvalue weighted by Crippen LogP contribution is 2.22. The van der Waals surface area contributed by atoms with Crippen molar-refractivity contribution < 1.29 is 14.6 Å². The Labute approximate surface area is 112 Å². The number of carboxylic acid groups (broad SMARTS) is 1. The monoisotopic (exact) mass is 259 g/mol. The van der Waals surface area contributed by atoms with E-state index in [1.54, 1.807) is 18.2 Å². The van der Waals surface area contributed by atoms with Gasteiger partial charge in [0.05, 0.1) is 5.56 Å². The summed E-state index contributed by atoms with van der Waals surface area (Å²) in [6, 6.07) is 10.8. The molecule has 0 bridgehead atoms. The fourth-order valence-electron chi connectivity index (χ4n) is 1.79. The average molecular weight is 259 g/mol. The van der Waals surface area contributed by atoms with Gasteiger partial charge in [-0.1, -0.05) is 12.1 Å². The third-order valence-electron chi connectivity index (χ3n) is 2.87. The van der Waals surface area contributed by atoms with E-state index in [4.69, 9.17) is 9.84 Å². The predicted octanol–water partition coefficient (Wildman–Crippen LogP) is 2.48. The van der Waals surface area contributed by atoms with Crippen LogP contribution in [0.2, 0.25) is 0 Å². The number of fused-ring (bicyclic) bond motifs is 1. The van der Waals surface area contributed by atoms with Crippen LogP contribution in [-0.2, 0) is 0 Å². The van der Waals surface area contributed by atoms with Crippen molar-refractivity contribution in [1.29, 1.82) is 0 Å². The van der Waals surface area contributed by atoms with Gasteiger partial charge in [0.2, 0.25) is 0 Å². The second-order valence-electron chi connectivity index (χ2n) is 4.68. The van der Waals surface area contributed by atoms with Crippen LogP contribution in [0.25, 0.3) is 10.8 Å². The largest absolute Gasteiger partial charge is 0.492 e. The predicted molar refractivity (Wildman–Crippen MR) is 75.0 cm³/mol. The van der Waals surface area contributed by atoms with Crippen molar-refractivity contribution in [2.24, 2.45) is 0 Å². The summed E-state index contributed by atoms with van der Waals surface area (Å²) in [6.07, 6.45) is 0. The van der Waals surface area contributed by atoms with E-state index in [9.17, 15) is 4.79 Å². The van der Waals surface area contributed by atoms with E-state index < -0.39 is 5.97 Å². The molecule has 1 N–H and O–H groups in total. The fraction of sp³-hybridized carbons (Fsp3) is 0.267. The highest BCUT2D eigenvalue weighted by Gasteiger charge is 2.04. The number of aromatic carboxylic acids is 1. The molecule has 4 nitrogen and oxygen atoms in total. The van der Waals surface area contributed by atoms with Gasteiger partial charge in [-0.2, -0.15) is 0 Å². The van der Waals surface area contributed by atoms with Crippen LogP contribution in [0.4, 0.5) is 0 Å². The van der Waals surface area contributed by atoms with Gasteiger partial charge in [-0.25, -0.2) is 4.79 Å². The number of carboxylic acids is 1. The molecule has 2 rings (SSSR count). The number of likely N-dealkylation sites (N-methyl/N-ethyl adjacent to an activating group) is 1. The molecule has 0 radical (unpaired) electrons. The number of ether oxygens (including phenoxy) is 1. The Balaban J connectivity index is 2.17. The van der Waals surface area contributed by atoms with E-state index in [1.165, 1.54) is 0 Å². The lowest BCUT2D eigenvalue weighted by molar-refractivity contribution is 0.0697. The Morgan fingerprint density at radius 1 is 1.16 bits per heavy atom. The van der Waals surface area contributed by atoms with Gasteiger partial charge in [0.1, 0.15) is 12.4 Å². The van der Waals surface area contributed by atoms with Crippen molar-refractivity contribution in [2.75, 3.05) is 27.2 Å². The first-order valence-electron chi connectivity index (χ1n) is 6.11. The molecule has 19 heavy (non-hydrogen) atoms. The van der Waals surface area contributed by atoms with Crippen LogP contribution in [0.1, 0.15) is 10.4 Å². The Bertz CT molecular complexity index is 593. The van der Waals surface area contributed by atoms with Crippen LogP contribution < -0.4 is 4.74 Å². The number of nitrogens with zero attached hydrogens (tertiary/aromatic N) is 1. The minimum Gasteiger partial charge on any atom is -0.492 e. The van der Waals surface area contributed by atoms with Crippen LogP contribution in [0, 0.1) is 0 Å². The first-order chi connectivity index (χ1) is 9.06. The highest BCUT2D eigenvalue weighted by atomic mass is 16.5. The molecule has 0 aliphatic rings. The third-order valence-corrected chi connectivity index (χ3v) is 2.87. The molecular weight excluding hydrogens is 242 g/mol. The van der Waals surface area contributed by atoms with E-state index in [2.05, 4.69) is 4.90 Å². The Morgan fingerprint density at radius 2 is 1.84 bits per heavy atom. The molecule has 2 aromatic carbocycles. The van der Waals surface area contributed by atoms with Gasteiger partial charge in [-0.05, 0) is 49.1 Å². The maximum Gasteiger partial charge on any atom is 0.335 e. The smallest absolute Gasteiger partial charge is 0.335 e. The number of carbonyl (C=O) groups is 1. The van der Waals surface area contributed by atoms with Crippen LogP contribution in [-0.4, -0.2) is 43.2 Å². The zero-order valence-corrected chi connectivity index (χ0v) is 11.1. The highest BCUT2D eigenvalue weighted by molar-refractivity contribution is 5.94. The van der Waals surface area contributed by atoms with Crippen molar-refractivity contribution in [3.63, 3.8) is 0 Å². The van der Waals surface area contributed by atoms with Gasteiger partial charge < -0.3 is 14.7 Å². The normalized spacial score (nSPS) is 10.9. The van der Waals surface area contributed by atoms with Crippen molar-refractivity contribution in [1.82, 2.24) is 4.90 Å². The fourth-order valence-corrected chi connectivity index (χ4v) is 1.79. The number of rotatable bonds is 5. The zero-order chi connectivity index (χ0) is 13.8. The van der Waals surface area contributed by atoms with Crippen LogP contribution >= 0.6 is 0 Å². The maximum atomic E-state index is 10.9. The molecular formula is C15H17NO3. The second-order valence-corrected chi connectivity index (χ2v) is 4.68. The van der Waals surface area contributed by atoms with Crippen molar-refractivity contribution in [3.8, 4) is 5.75 Å². The molecule has 0 saturated carbocycles. The van der Waals surface area contributed by atoms with Gasteiger partial charge >= 0.3 is 5.97 Å². The molecule has 0 amide bonds. The van der Waals surface area contributed by atoms with E-state index in [1.807, 2.05) is 32.3 Å². The Kier molecular flexibility index (Phi) is 4.02. The van der Waals surface area contributed by atoms with Crippen molar-refractivity contribution in [2.45, 2.75) is 0 Å². The minimum absolute atomic E-state index is 0.300. The lowest BCUT2D eigenvalue weighted by Crippen LogP contribution is -2.19. The molecule has 0 heterocycles. The van der Waals surface area contributed by atoms with Gasteiger partial charge in [0, 0.05) is 6.54 Å². The molecule has 0 atom stereocenters. The molecule has 4 heteroatoms. The lowest BCUT2D eigenvalue weighted by Gasteiger charge is -2.11. The molecule has 0 aromatic heterocycles. The molecule has 0 fully saturated rings. The summed E-state index contributed by atoms with van der Waals surface area (Å²) in [5, 5.41) is 10.8. The van der Waals surface area contributed by atoms with E-state index in [-0.39, 0.29) is 0 Å². The second kappa shape index (κ2) is 5.71. The molecule has 100 valence electrons. The molecule has 2 aromatic rings. The first kappa shape index (κ1) is 13.4. The zero-order valence-electron chi connectivity index (χ0n) is 11.1. The lowest BCUT2D eigenvalue weighted by atomic mass is 10.1. The Morgan fingerprint density at radius 3 is 2.53 bits per heavy atom. The minimum atomic E-state index is -0.909. The summed E-state index contributed by atoms with van der Waals surface area (Å²) < 4.78 is 5.64. The SMILES string of the molecule is CN(C)CCOc1ccc2cc(C(=O)O)ccc2c1. The molecule has 0 aliphatic heterocycles. The average Bonchev–Trinajstić information content (AvgIpc) is 2.37. The standard InChI is InChI=1S/C15H17NO3/c1-16(2)7-8-19-14-6-5-11-9-13(15(17)18)4-3-12(11)10-14/h3-6,9-10H,7-8H2,1-2H3,(H,17,18). The van der Waals surface area contributed by atoms with Gasteiger partial charge in [0.25, 0.3) is 0 Å². The summed E-state index contributed by atoms with van der Waals surface area (Å²) in [6.45, 7) is 1.49. The third kappa shape index (κ3) is 3.45. The molecule has 0 unspecified atom stereocenters. The van der Waals surface area contributed by atoms with Crippen molar-refractivity contribution >= 4 is 16.7 Å². The van der Waals surface area contributed by atoms with E-state index in [0.29, 0.717) is 12.2 Å². The van der Waals surface area contributed by atoms with Gasteiger partial charge in [0.15, 0.2) is 0 Å². The summed E-state index contributed by atoms with van der Waals surface area (Å²) in [5.74, 6) is -0.106. The maximum absolute atomic E-state index is 10.9. The van der Waals surface area contributed by atoms with E-state index in [0.717, 1.165) is 23.1 Å². The molecule has 0 spiro atoms. The first-order valence-corrected chi connectivity index (χ1v) is 6.11. The van der Waals surface area contributed by atoms with E-state index >= 15 is 0 Å². The summed E-state index contributed by atoms with van der Waals surface area (Å²) >= 11 is 0. The van der Waals surface area contributed by atoms with Crippen LogP contribution in [0.15, 0.2) is 36.4 Å². The quantitative estimate of drug-likeness (QED) is 0.896. The summed E-state index contributed by atoms with van der Waals surface area (Å²) in [7, 11) is 3.99.